The van der Waals surface area contributed by atoms with Gasteiger partial charge in [0, 0.05) is 20.3 Å². The molecule has 1 aliphatic rings. The number of carbonyl (C=O) groups excluding carboxylic acids is 1. The molecule has 1 rings (SSSR count). The minimum absolute atomic E-state index is 0.156. The number of carbonyl (C=O) groups is 1. The first kappa shape index (κ1) is 17.4. The smallest absolute Gasteiger partial charge is 0.326 e. The van der Waals surface area contributed by atoms with Gasteiger partial charge in [-0.25, -0.2) is 0 Å². The van der Waals surface area contributed by atoms with Crippen LogP contribution >= 0.6 is 0 Å². The number of hydrogen-bond acceptors (Lipinski definition) is 5. The average Bonchev–Trinajstić information content (AvgIpc) is 2.80. The van der Waals surface area contributed by atoms with Gasteiger partial charge in [-0.1, -0.05) is 6.42 Å². The third-order valence-corrected chi connectivity index (χ3v) is 4.45. The van der Waals surface area contributed by atoms with Crippen LogP contribution in [0.4, 0.5) is 0 Å². The van der Waals surface area contributed by atoms with Gasteiger partial charge >= 0.3 is 5.97 Å². The molecule has 1 saturated carbocycles. The monoisotopic (exact) mass is 287 g/mol. The van der Waals surface area contributed by atoms with Crippen molar-refractivity contribution in [1.29, 1.82) is 0 Å². The van der Waals surface area contributed by atoms with Crippen molar-refractivity contribution in [3.8, 4) is 0 Å². The molecule has 0 aromatic carbocycles. The second-order valence-electron chi connectivity index (χ2n) is 6.24. The minimum Gasteiger partial charge on any atom is -0.468 e. The molecule has 1 aliphatic carbocycles. The fraction of sp³-hybridized carbons (Fsp3) is 0.933. The maximum Gasteiger partial charge on any atom is 0.326 e. The molecule has 0 aromatic heterocycles. The zero-order valence-corrected chi connectivity index (χ0v) is 13.2. The molecular formula is C15H29NO4. The first-order chi connectivity index (χ1) is 9.35. The third kappa shape index (κ3) is 4.43. The summed E-state index contributed by atoms with van der Waals surface area (Å²) >= 11 is 0. The molecule has 20 heavy (non-hydrogen) atoms. The van der Waals surface area contributed by atoms with Gasteiger partial charge in [0.1, 0.15) is 5.54 Å². The first-order valence-electron chi connectivity index (χ1n) is 7.36. The van der Waals surface area contributed by atoms with E-state index in [1.165, 1.54) is 7.11 Å². The normalized spacial score (nSPS) is 26.8. The molecule has 2 N–H and O–H groups in total. The molecule has 0 heterocycles. The van der Waals surface area contributed by atoms with Gasteiger partial charge in [-0.2, -0.15) is 0 Å². The van der Waals surface area contributed by atoms with Crippen LogP contribution in [0.5, 0.6) is 0 Å². The van der Waals surface area contributed by atoms with Gasteiger partial charge in [0.05, 0.1) is 12.7 Å². The van der Waals surface area contributed by atoms with Crippen molar-refractivity contribution in [3.63, 3.8) is 0 Å². The van der Waals surface area contributed by atoms with E-state index in [9.17, 15) is 4.79 Å². The average molecular weight is 287 g/mol. The van der Waals surface area contributed by atoms with Crippen molar-refractivity contribution in [3.05, 3.63) is 0 Å². The first-order valence-corrected chi connectivity index (χ1v) is 7.36. The summed E-state index contributed by atoms with van der Waals surface area (Å²) in [6.45, 7) is 5.36. The Balaban J connectivity index is 2.29. The lowest BCUT2D eigenvalue weighted by atomic mass is 9.86. The highest BCUT2D eigenvalue weighted by Crippen LogP contribution is 2.36. The Labute approximate surface area is 122 Å². The van der Waals surface area contributed by atoms with E-state index in [-0.39, 0.29) is 17.5 Å². The standard InChI is InChI=1S/C15H29NO4/c1-14(2,19-4)9-11-20-10-7-12-6-5-8-15(12,16)13(17)18-3/h12H,5-11,16H2,1-4H3. The molecular weight excluding hydrogens is 258 g/mol. The molecule has 118 valence electrons. The molecule has 1 fully saturated rings. The molecule has 0 bridgehead atoms. The quantitative estimate of drug-likeness (QED) is 0.545. The molecule has 5 nitrogen and oxygen atoms in total. The van der Waals surface area contributed by atoms with Gasteiger partial charge in [0.25, 0.3) is 0 Å². The fourth-order valence-corrected chi connectivity index (χ4v) is 2.71. The maximum absolute atomic E-state index is 11.8. The Morgan fingerprint density at radius 3 is 2.65 bits per heavy atom. The predicted molar refractivity (Wildman–Crippen MR) is 77.4 cm³/mol. The van der Waals surface area contributed by atoms with E-state index < -0.39 is 5.54 Å². The Bertz CT molecular complexity index is 319. The lowest BCUT2D eigenvalue weighted by Crippen LogP contribution is -2.51. The summed E-state index contributed by atoms with van der Waals surface area (Å²) in [7, 11) is 3.10. The zero-order chi connectivity index (χ0) is 15.2. The van der Waals surface area contributed by atoms with Crippen molar-refractivity contribution in [2.24, 2.45) is 11.7 Å². The summed E-state index contributed by atoms with van der Waals surface area (Å²) in [5.41, 5.74) is 5.24. The Hall–Kier alpha value is -0.650. The largest absolute Gasteiger partial charge is 0.468 e. The van der Waals surface area contributed by atoms with Gasteiger partial charge in [-0.05, 0) is 45.4 Å². The van der Waals surface area contributed by atoms with E-state index in [1.54, 1.807) is 7.11 Å². The molecule has 0 radical (unpaired) electrons. The molecule has 0 spiro atoms. The second kappa shape index (κ2) is 7.38. The van der Waals surface area contributed by atoms with E-state index in [0.717, 1.165) is 25.7 Å². The molecule has 2 unspecified atom stereocenters. The highest BCUT2D eigenvalue weighted by atomic mass is 16.5. The molecule has 2 atom stereocenters. The topological polar surface area (TPSA) is 70.8 Å². The fourth-order valence-electron chi connectivity index (χ4n) is 2.71. The summed E-state index contributed by atoms with van der Waals surface area (Å²) in [5, 5.41) is 0. The van der Waals surface area contributed by atoms with Gasteiger partial charge in [0.15, 0.2) is 0 Å². The number of rotatable bonds is 8. The van der Waals surface area contributed by atoms with Gasteiger partial charge in [0.2, 0.25) is 0 Å². The molecule has 5 heteroatoms. The Kier molecular flexibility index (Phi) is 6.43. The van der Waals surface area contributed by atoms with Crippen LogP contribution in [0.2, 0.25) is 0 Å². The van der Waals surface area contributed by atoms with Crippen LogP contribution in [0.1, 0.15) is 46.0 Å². The van der Waals surface area contributed by atoms with Crippen molar-refractivity contribution < 1.29 is 19.0 Å². The summed E-state index contributed by atoms with van der Waals surface area (Å²) in [4.78, 5) is 11.8. The third-order valence-electron chi connectivity index (χ3n) is 4.45. The van der Waals surface area contributed by atoms with Crippen LogP contribution in [-0.2, 0) is 19.0 Å². The van der Waals surface area contributed by atoms with Crippen molar-refractivity contribution in [1.82, 2.24) is 0 Å². The summed E-state index contributed by atoms with van der Waals surface area (Å²) in [6, 6.07) is 0. The molecule has 0 aliphatic heterocycles. The lowest BCUT2D eigenvalue weighted by Gasteiger charge is -2.28. The lowest BCUT2D eigenvalue weighted by molar-refractivity contribution is -0.148. The van der Waals surface area contributed by atoms with Crippen molar-refractivity contribution >= 4 is 5.97 Å². The van der Waals surface area contributed by atoms with Gasteiger partial charge in [-0.3, -0.25) is 4.79 Å². The number of methoxy groups -OCH3 is 2. The van der Waals surface area contributed by atoms with E-state index in [4.69, 9.17) is 19.9 Å². The van der Waals surface area contributed by atoms with E-state index in [2.05, 4.69) is 0 Å². The number of hydrogen-bond donors (Lipinski definition) is 1. The SMILES string of the molecule is COC(=O)C1(N)CCCC1CCOCCC(C)(C)OC. The number of nitrogens with two attached hydrogens (primary N) is 1. The molecule has 0 amide bonds. The van der Waals surface area contributed by atoms with Crippen LogP contribution in [-0.4, -0.2) is 44.5 Å². The number of ether oxygens (including phenoxy) is 3. The van der Waals surface area contributed by atoms with Gasteiger partial charge < -0.3 is 19.9 Å². The van der Waals surface area contributed by atoms with Crippen LogP contribution in [0, 0.1) is 5.92 Å². The maximum atomic E-state index is 11.8. The van der Waals surface area contributed by atoms with Crippen molar-refractivity contribution in [2.45, 2.75) is 57.1 Å². The minimum atomic E-state index is -0.816. The van der Waals surface area contributed by atoms with E-state index >= 15 is 0 Å². The Morgan fingerprint density at radius 1 is 1.35 bits per heavy atom. The zero-order valence-electron chi connectivity index (χ0n) is 13.2. The molecule has 0 aromatic rings. The van der Waals surface area contributed by atoms with Crippen LogP contribution in [0.25, 0.3) is 0 Å². The van der Waals surface area contributed by atoms with Crippen molar-refractivity contribution in [2.75, 3.05) is 27.4 Å². The van der Waals surface area contributed by atoms with E-state index in [0.29, 0.717) is 19.6 Å². The van der Waals surface area contributed by atoms with Crippen LogP contribution in [0.15, 0.2) is 0 Å². The van der Waals surface area contributed by atoms with Crippen LogP contribution < -0.4 is 5.73 Å². The Morgan fingerprint density at radius 2 is 2.05 bits per heavy atom. The molecule has 0 saturated heterocycles. The summed E-state index contributed by atoms with van der Waals surface area (Å²) in [5.74, 6) is -0.133. The van der Waals surface area contributed by atoms with Gasteiger partial charge in [-0.15, -0.1) is 0 Å². The highest BCUT2D eigenvalue weighted by molar-refractivity contribution is 5.81. The summed E-state index contributed by atoms with van der Waals surface area (Å²) < 4.78 is 15.8. The van der Waals surface area contributed by atoms with Crippen LogP contribution in [0.3, 0.4) is 0 Å². The van der Waals surface area contributed by atoms with E-state index in [1.807, 2.05) is 13.8 Å². The highest BCUT2D eigenvalue weighted by Gasteiger charge is 2.46. The second-order valence-corrected chi connectivity index (χ2v) is 6.24. The number of esters is 1. The summed E-state index contributed by atoms with van der Waals surface area (Å²) in [6.07, 6.45) is 4.31. The predicted octanol–water partition coefficient (Wildman–Crippen LogP) is 1.88.